The highest BCUT2D eigenvalue weighted by atomic mass is 16.5. The number of carbonyl (C=O) groups is 1. The molecule has 1 amide bonds. The third kappa shape index (κ3) is 4.72. The van der Waals surface area contributed by atoms with Crippen LogP contribution in [-0.2, 0) is 11.2 Å². The number of rotatable bonds is 8. The van der Waals surface area contributed by atoms with Gasteiger partial charge in [0.05, 0.1) is 19.6 Å². The summed E-state index contributed by atoms with van der Waals surface area (Å²) < 4.78 is 11.2. The molecule has 5 nitrogen and oxygen atoms in total. The number of aromatic nitrogens is 1. The lowest BCUT2D eigenvalue weighted by atomic mass is 10.1. The number of benzene rings is 2. The Morgan fingerprint density at radius 2 is 1.85 bits per heavy atom. The molecule has 1 aromatic heterocycles. The number of hydrogen-bond acceptors (Lipinski definition) is 4. The summed E-state index contributed by atoms with van der Waals surface area (Å²) in [5.41, 5.74) is 1.78. The van der Waals surface area contributed by atoms with E-state index in [0.717, 1.165) is 28.0 Å². The molecule has 3 rings (SSSR count). The van der Waals surface area contributed by atoms with Crippen LogP contribution in [0.25, 0.3) is 10.9 Å². The largest absolute Gasteiger partial charge is 0.494 e. The van der Waals surface area contributed by atoms with Crippen molar-refractivity contribution < 1.29 is 14.3 Å². The van der Waals surface area contributed by atoms with Gasteiger partial charge in [-0.2, -0.15) is 0 Å². The Hall–Kier alpha value is -3.08. The van der Waals surface area contributed by atoms with E-state index < -0.39 is 0 Å². The third-order valence-corrected chi connectivity index (χ3v) is 3.88. The molecule has 0 bridgehead atoms. The van der Waals surface area contributed by atoms with Crippen LogP contribution in [0.4, 0.5) is 0 Å². The van der Waals surface area contributed by atoms with Crippen molar-refractivity contribution in [1.82, 2.24) is 10.3 Å². The van der Waals surface area contributed by atoms with E-state index in [9.17, 15) is 4.79 Å². The molecule has 26 heavy (non-hydrogen) atoms. The van der Waals surface area contributed by atoms with E-state index >= 15 is 0 Å². The van der Waals surface area contributed by atoms with Crippen molar-refractivity contribution in [2.75, 3.05) is 19.8 Å². The molecule has 5 heteroatoms. The van der Waals surface area contributed by atoms with Crippen LogP contribution in [0.2, 0.25) is 0 Å². The summed E-state index contributed by atoms with van der Waals surface area (Å²) in [5, 5.41) is 3.91. The zero-order valence-electron chi connectivity index (χ0n) is 14.8. The van der Waals surface area contributed by atoms with Gasteiger partial charge in [0.1, 0.15) is 23.6 Å². The van der Waals surface area contributed by atoms with Gasteiger partial charge in [-0.25, -0.2) is 0 Å². The number of amides is 1. The summed E-state index contributed by atoms with van der Waals surface area (Å²) in [6.45, 7) is 3.41. The maximum absolute atomic E-state index is 12.0. The summed E-state index contributed by atoms with van der Waals surface area (Å²) in [7, 11) is 0. The lowest BCUT2D eigenvalue weighted by molar-refractivity contribution is -0.120. The lowest BCUT2D eigenvalue weighted by Crippen LogP contribution is -2.29. The van der Waals surface area contributed by atoms with Gasteiger partial charge < -0.3 is 14.8 Å². The molecule has 2 aromatic carbocycles. The standard InChI is InChI=1S/C21H22N2O3/c1-2-25-18-10-8-16(9-11-18)15-20(24)22-13-14-26-19-7-3-5-17-6-4-12-23-21(17)19/h3-12H,2,13-15H2,1H3,(H,22,24). The van der Waals surface area contributed by atoms with Crippen molar-refractivity contribution in [3.63, 3.8) is 0 Å². The summed E-state index contributed by atoms with van der Waals surface area (Å²) >= 11 is 0. The monoisotopic (exact) mass is 350 g/mol. The van der Waals surface area contributed by atoms with Gasteiger partial charge in [0.2, 0.25) is 5.91 Å². The minimum absolute atomic E-state index is 0.0335. The fourth-order valence-corrected chi connectivity index (χ4v) is 2.66. The van der Waals surface area contributed by atoms with E-state index in [1.807, 2.05) is 61.5 Å². The molecular formula is C21H22N2O3. The number of pyridine rings is 1. The predicted molar refractivity (Wildman–Crippen MR) is 102 cm³/mol. The van der Waals surface area contributed by atoms with Crippen LogP contribution in [0, 0.1) is 0 Å². The van der Waals surface area contributed by atoms with E-state index in [0.29, 0.717) is 26.2 Å². The van der Waals surface area contributed by atoms with Crippen LogP contribution in [0.5, 0.6) is 11.5 Å². The topological polar surface area (TPSA) is 60.5 Å². The smallest absolute Gasteiger partial charge is 0.224 e. The SMILES string of the molecule is CCOc1ccc(CC(=O)NCCOc2cccc3cccnc23)cc1. The van der Waals surface area contributed by atoms with E-state index in [2.05, 4.69) is 10.3 Å². The average Bonchev–Trinajstić information content (AvgIpc) is 2.67. The molecule has 0 unspecified atom stereocenters. The van der Waals surface area contributed by atoms with Gasteiger partial charge >= 0.3 is 0 Å². The van der Waals surface area contributed by atoms with Crippen molar-refractivity contribution in [1.29, 1.82) is 0 Å². The van der Waals surface area contributed by atoms with E-state index in [-0.39, 0.29) is 5.91 Å². The van der Waals surface area contributed by atoms with Gasteiger partial charge in [-0.3, -0.25) is 9.78 Å². The summed E-state index contributed by atoms with van der Waals surface area (Å²) in [6.07, 6.45) is 2.08. The van der Waals surface area contributed by atoms with Crippen LogP contribution in [0.15, 0.2) is 60.8 Å². The molecule has 134 valence electrons. The van der Waals surface area contributed by atoms with Gasteiger partial charge in [-0.05, 0) is 36.8 Å². The first-order valence-corrected chi connectivity index (χ1v) is 8.71. The molecule has 1 N–H and O–H groups in total. The summed E-state index contributed by atoms with van der Waals surface area (Å²) in [6, 6.07) is 17.3. The Bertz CT molecular complexity index is 857. The number of nitrogens with one attached hydrogen (secondary N) is 1. The van der Waals surface area contributed by atoms with E-state index in [1.54, 1.807) is 6.20 Å². The lowest BCUT2D eigenvalue weighted by Gasteiger charge is -2.10. The van der Waals surface area contributed by atoms with Crippen LogP contribution >= 0.6 is 0 Å². The molecule has 0 aliphatic rings. The zero-order valence-corrected chi connectivity index (χ0v) is 14.8. The van der Waals surface area contributed by atoms with Crippen LogP contribution in [-0.4, -0.2) is 30.6 Å². The summed E-state index contributed by atoms with van der Waals surface area (Å²) in [4.78, 5) is 16.4. The quantitative estimate of drug-likeness (QED) is 0.633. The normalized spacial score (nSPS) is 10.5. The van der Waals surface area contributed by atoms with Crippen molar-refractivity contribution in [2.45, 2.75) is 13.3 Å². The molecule has 0 saturated heterocycles. The second-order valence-electron chi connectivity index (χ2n) is 5.78. The van der Waals surface area contributed by atoms with Crippen molar-refractivity contribution >= 4 is 16.8 Å². The number of hydrogen-bond donors (Lipinski definition) is 1. The molecule has 0 aliphatic heterocycles. The maximum Gasteiger partial charge on any atom is 0.224 e. The van der Waals surface area contributed by atoms with Crippen LogP contribution < -0.4 is 14.8 Å². The fraction of sp³-hybridized carbons (Fsp3) is 0.238. The van der Waals surface area contributed by atoms with Gasteiger partial charge in [-0.1, -0.05) is 30.3 Å². The van der Waals surface area contributed by atoms with Crippen LogP contribution in [0.1, 0.15) is 12.5 Å². The first-order chi connectivity index (χ1) is 12.8. The molecule has 0 radical (unpaired) electrons. The number of ether oxygens (including phenoxy) is 2. The molecule has 0 spiro atoms. The van der Waals surface area contributed by atoms with Crippen LogP contribution in [0.3, 0.4) is 0 Å². The number of fused-ring (bicyclic) bond motifs is 1. The maximum atomic E-state index is 12.0. The molecular weight excluding hydrogens is 328 g/mol. The minimum Gasteiger partial charge on any atom is -0.494 e. The molecule has 0 saturated carbocycles. The highest BCUT2D eigenvalue weighted by Gasteiger charge is 2.05. The molecule has 1 heterocycles. The first kappa shape index (κ1) is 17.7. The number of nitrogens with zero attached hydrogens (tertiary/aromatic N) is 1. The third-order valence-electron chi connectivity index (χ3n) is 3.88. The number of para-hydroxylation sites is 1. The summed E-state index contributed by atoms with van der Waals surface area (Å²) in [5.74, 6) is 1.51. The molecule has 0 fully saturated rings. The Labute approximate surface area is 153 Å². The number of carbonyl (C=O) groups excluding carboxylic acids is 1. The van der Waals surface area contributed by atoms with E-state index in [1.165, 1.54) is 0 Å². The van der Waals surface area contributed by atoms with Crippen molar-refractivity contribution in [3.05, 3.63) is 66.4 Å². The zero-order chi connectivity index (χ0) is 18.2. The fourth-order valence-electron chi connectivity index (χ4n) is 2.66. The Kier molecular flexibility index (Phi) is 6.04. The van der Waals surface area contributed by atoms with Gasteiger partial charge in [0.15, 0.2) is 0 Å². The second-order valence-corrected chi connectivity index (χ2v) is 5.78. The molecule has 3 aromatic rings. The minimum atomic E-state index is -0.0335. The second kappa shape index (κ2) is 8.85. The Morgan fingerprint density at radius 1 is 1.04 bits per heavy atom. The van der Waals surface area contributed by atoms with E-state index in [4.69, 9.17) is 9.47 Å². The van der Waals surface area contributed by atoms with Gasteiger partial charge in [0.25, 0.3) is 0 Å². The Morgan fingerprint density at radius 3 is 2.65 bits per heavy atom. The first-order valence-electron chi connectivity index (χ1n) is 8.71. The van der Waals surface area contributed by atoms with Gasteiger partial charge in [0, 0.05) is 11.6 Å². The predicted octanol–water partition coefficient (Wildman–Crippen LogP) is 3.37. The average molecular weight is 350 g/mol. The highest BCUT2D eigenvalue weighted by molar-refractivity contribution is 5.84. The van der Waals surface area contributed by atoms with Gasteiger partial charge in [-0.15, -0.1) is 0 Å². The Balaban J connectivity index is 1.45. The van der Waals surface area contributed by atoms with Crippen molar-refractivity contribution in [3.8, 4) is 11.5 Å². The highest BCUT2D eigenvalue weighted by Crippen LogP contribution is 2.22. The molecule has 0 aliphatic carbocycles. The molecule has 0 atom stereocenters. The van der Waals surface area contributed by atoms with Crippen molar-refractivity contribution in [2.24, 2.45) is 0 Å².